The van der Waals surface area contributed by atoms with Gasteiger partial charge in [-0.15, -0.1) is 0 Å². The third-order valence-corrected chi connectivity index (χ3v) is 3.09. The summed E-state index contributed by atoms with van der Waals surface area (Å²) in [7, 11) is 0. The smallest absolute Gasteiger partial charge is 0.163 e. The quantitative estimate of drug-likeness (QED) is 0.672. The number of halogens is 1. The Balaban J connectivity index is 2.07. The van der Waals surface area contributed by atoms with Crippen molar-refractivity contribution in [3.8, 4) is 0 Å². The average molecular weight is 257 g/mol. The SMILES string of the molecule is Cc1ccc(F)cc1C(=O)CCc1cccc(N)c1. The van der Waals surface area contributed by atoms with Gasteiger partial charge in [-0.2, -0.15) is 0 Å². The Labute approximate surface area is 112 Å². The molecule has 0 heterocycles. The zero-order chi connectivity index (χ0) is 13.8. The van der Waals surface area contributed by atoms with Crippen LogP contribution in [0, 0.1) is 12.7 Å². The molecule has 0 aromatic heterocycles. The van der Waals surface area contributed by atoms with Crippen molar-refractivity contribution in [2.75, 3.05) is 5.73 Å². The molecule has 0 aliphatic carbocycles. The molecule has 2 aromatic rings. The Kier molecular flexibility index (Phi) is 3.95. The molecule has 0 bridgehead atoms. The highest BCUT2D eigenvalue weighted by atomic mass is 19.1. The molecule has 2 N–H and O–H groups in total. The maximum absolute atomic E-state index is 13.2. The van der Waals surface area contributed by atoms with E-state index in [4.69, 9.17) is 5.73 Å². The molecule has 3 heteroatoms. The highest BCUT2D eigenvalue weighted by molar-refractivity contribution is 5.97. The number of carbonyl (C=O) groups is 1. The molecule has 0 unspecified atom stereocenters. The highest BCUT2D eigenvalue weighted by Gasteiger charge is 2.10. The monoisotopic (exact) mass is 257 g/mol. The van der Waals surface area contributed by atoms with Gasteiger partial charge in [-0.3, -0.25) is 4.79 Å². The largest absolute Gasteiger partial charge is 0.399 e. The maximum Gasteiger partial charge on any atom is 0.163 e. The number of hydrogen-bond donors (Lipinski definition) is 1. The molecule has 19 heavy (non-hydrogen) atoms. The summed E-state index contributed by atoms with van der Waals surface area (Å²) in [6.45, 7) is 1.81. The summed E-state index contributed by atoms with van der Waals surface area (Å²) in [5.74, 6) is -0.419. The van der Waals surface area contributed by atoms with Crippen molar-refractivity contribution in [2.24, 2.45) is 0 Å². The van der Waals surface area contributed by atoms with E-state index < -0.39 is 0 Å². The lowest BCUT2D eigenvalue weighted by Gasteiger charge is -2.06. The fourth-order valence-corrected chi connectivity index (χ4v) is 2.04. The van der Waals surface area contributed by atoms with Crippen LogP contribution in [0.3, 0.4) is 0 Å². The van der Waals surface area contributed by atoms with E-state index in [0.717, 1.165) is 11.1 Å². The van der Waals surface area contributed by atoms with Gasteiger partial charge in [-0.25, -0.2) is 4.39 Å². The van der Waals surface area contributed by atoms with Crippen LogP contribution < -0.4 is 5.73 Å². The molecule has 0 aliphatic rings. The second-order valence-corrected chi connectivity index (χ2v) is 4.63. The second kappa shape index (κ2) is 5.65. The first kappa shape index (κ1) is 13.3. The molecule has 0 saturated heterocycles. The van der Waals surface area contributed by atoms with Crippen molar-refractivity contribution in [2.45, 2.75) is 19.8 Å². The molecule has 2 aromatic carbocycles. The normalized spacial score (nSPS) is 10.4. The third kappa shape index (κ3) is 3.41. The summed E-state index contributed by atoms with van der Waals surface area (Å²) in [6, 6.07) is 11.8. The van der Waals surface area contributed by atoms with Gasteiger partial charge in [0.2, 0.25) is 0 Å². The Bertz CT molecular complexity index is 607. The molecular weight excluding hydrogens is 241 g/mol. The number of hydrogen-bond acceptors (Lipinski definition) is 2. The summed E-state index contributed by atoms with van der Waals surface area (Å²) in [4.78, 5) is 12.1. The molecule has 0 fully saturated rings. The molecular formula is C16H16FNO. The van der Waals surface area contributed by atoms with E-state index in [2.05, 4.69) is 0 Å². The van der Waals surface area contributed by atoms with Crippen molar-refractivity contribution in [3.63, 3.8) is 0 Å². The molecule has 0 saturated carbocycles. The van der Waals surface area contributed by atoms with Crippen molar-refractivity contribution < 1.29 is 9.18 Å². The van der Waals surface area contributed by atoms with E-state index >= 15 is 0 Å². The molecule has 0 spiro atoms. The Hall–Kier alpha value is -2.16. The van der Waals surface area contributed by atoms with Crippen LogP contribution in [0.25, 0.3) is 0 Å². The van der Waals surface area contributed by atoms with Gasteiger partial charge in [-0.05, 0) is 48.7 Å². The van der Waals surface area contributed by atoms with Gasteiger partial charge in [-0.1, -0.05) is 18.2 Å². The highest BCUT2D eigenvalue weighted by Crippen LogP contribution is 2.15. The Morgan fingerprint density at radius 1 is 1.21 bits per heavy atom. The Morgan fingerprint density at radius 2 is 2.00 bits per heavy atom. The van der Waals surface area contributed by atoms with Gasteiger partial charge in [0.15, 0.2) is 5.78 Å². The molecule has 0 atom stereocenters. The number of carbonyl (C=O) groups excluding carboxylic acids is 1. The van der Waals surface area contributed by atoms with Crippen LogP contribution in [-0.4, -0.2) is 5.78 Å². The summed E-state index contributed by atoms with van der Waals surface area (Å²) in [6.07, 6.45) is 0.966. The third-order valence-electron chi connectivity index (χ3n) is 3.09. The summed E-state index contributed by atoms with van der Waals surface area (Å²) in [5, 5.41) is 0. The first-order valence-corrected chi connectivity index (χ1v) is 6.20. The minimum absolute atomic E-state index is 0.0422. The van der Waals surface area contributed by atoms with Crippen LogP contribution in [0.4, 0.5) is 10.1 Å². The molecule has 2 rings (SSSR count). The number of anilines is 1. The number of rotatable bonds is 4. The fourth-order valence-electron chi connectivity index (χ4n) is 2.04. The van der Waals surface area contributed by atoms with Crippen LogP contribution in [0.15, 0.2) is 42.5 Å². The predicted molar refractivity (Wildman–Crippen MR) is 74.6 cm³/mol. The van der Waals surface area contributed by atoms with Crippen molar-refractivity contribution in [1.29, 1.82) is 0 Å². The number of aryl methyl sites for hydroxylation is 2. The Morgan fingerprint density at radius 3 is 2.74 bits per heavy atom. The summed E-state index contributed by atoms with van der Waals surface area (Å²) in [5.41, 5.74) is 8.66. The van der Waals surface area contributed by atoms with E-state index in [1.54, 1.807) is 6.07 Å². The van der Waals surface area contributed by atoms with Crippen molar-refractivity contribution >= 4 is 11.5 Å². The van der Waals surface area contributed by atoms with Crippen molar-refractivity contribution in [3.05, 3.63) is 65.0 Å². The molecule has 0 amide bonds. The first-order chi connectivity index (χ1) is 9.06. The van der Waals surface area contributed by atoms with E-state index in [0.29, 0.717) is 24.1 Å². The second-order valence-electron chi connectivity index (χ2n) is 4.63. The first-order valence-electron chi connectivity index (χ1n) is 6.20. The molecule has 0 aliphatic heterocycles. The van der Waals surface area contributed by atoms with Crippen LogP contribution in [0.1, 0.15) is 27.9 Å². The van der Waals surface area contributed by atoms with E-state index in [9.17, 15) is 9.18 Å². The standard InChI is InChI=1S/C16H16FNO/c1-11-5-7-13(17)10-15(11)16(19)8-6-12-3-2-4-14(18)9-12/h2-5,7,9-10H,6,8,18H2,1H3. The summed E-state index contributed by atoms with van der Waals surface area (Å²) < 4.78 is 13.2. The zero-order valence-electron chi connectivity index (χ0n) is 10.8. The molecule has 0 radical (unpaired) electrons. The number of Topliss-reactive ketones (excluding diaryl/α,β-unsaturated/α-hetero) is 1. The van der Waals surface area contributed by atoms with Gasteiger partial charge >= 0.3 is 0 Å². The van der Waals surface area contributed by atoms with Crippen LogP contribution in [0.5, 0.6) is 0 Å². The van der Waals surface area contributed by atoms with E-state index in [-0.39, 0.29) is 11.6 Å². The van der Waals surface area contributed by atoms with Gasteiger partial charge in [0.05, 0.1) is 0 Å². The van der Waals surface area contributed by atoms with Crippen LogP contribution >= 0.6 is 0 Å². The lowest BCUT2D eigenvalue weighted by Crippen LogP contribution is -2.04. The van der Waals surface area contributed by atoms with Crippen LogP contribution in [0.2, 0.25) is 0 Å². The minimum atomic E-state index is -0.377. The number of ketones is 1. The van der Waals surface area contributed by atoms with Gasteiger partial charge in [0.1, 0.15) is 5.82 Å². The average Bonchev–Trinajstić information content (AvgIpc) is 2.39. The predicted octanol–water partition coefficient (Wildman–Crippen LogP) is 3.53. The van der Waals surface area contributed by atoms with E-state index in [1.807, 2.05) is 31.2 Å². The zero-order valence-corrected chi connectivity index (χ0v) is 10.8. The molecule has 98 valence electrons. The number of nitrogens with two attached hydrogens (primary N) is 1. The van der Waals surface area contributed by atoms with Gasteiger partial charge in [0, 0.05) is 17.7 Å². The lowest BCUT2D eigenvalue weighted by molar-refractivity contribution is 0.0982. The minimum Gasteiger partial charge on any atom is -0.399 e. The molecule has 2 nitrogen and oxygen atoms in total. The lowest BCUT2D eigenvalue weighted by atomic mass is 9.99. The fraction of sp³-hybridized carbons (Fsp3) is 0.188. The van der Waals surface area contributed by atoms with Crippen molar-refractivity contribution in [1.82, 2.24) is 0 Å². The number of nitrogen functional groups attached to an aromatic ring is 1. The van der Waals surface area contributed by atoms with E-state index in [1.165, 1.54) is 12.1 Å². The van der Waals surface area contributed by atoms with Gasteiger partial charge in [0.25, 0.3) is 0 Å². The topological polar surface area (TPSA) is 43.1 Å². The summed E-state index contributed by atoms with van der Waals surface area (Å²) >= 11 is 0. The maximum atomic E-state index is 13.2. The number of benzene rings is 2. The van der Waals surface area contributed by atoms with Crippen LogP contribution in [-0.2, 0) is 6.42 Å². The van der Waals surface area contributed by atoms with Gasteiger partial charge < -0.3 is 5.73 Å².